The molecular weight excluding hydrogens is 310 g/mol. The summed E-state index contributed by atoms with van der Waals surface area (Å²) in [6.07, 6.45) is 0.331. The highest BCUT2D eigenvalue weighted by atomic mass is 32.2. The van der Waals surface area contributed by atoms with Gasteiger partial charge in [0.2, 0.25) is 11.1 Å². The summed E-state index contributed by atoms with van der Waals surface area (Å²) < 4.78 is 0. The van der Waals surface area contributed by atoms with Crippen LogP contribution in [0.5, 0.6) is 0 Å². The molecule has 0 aliphatic rings. The number of hydrogen-bond donors (Lipinski definition) is 1. The highest BCUT2D eigenvalue weighted by Gasteiger charge is 2.20. The number of aromatic amines is 1. The van der Waals surface area contributed by atoms with Crippen molar-refractivity contribution in [1.82, 2.24) is 20.1 Å². The summed E-state index contributed by atoms with van der Waals surface area (Å²) in [6, 6.07) is 10.0. The standard InChI is InChI=1S/C16H19N5OS/c1-11-5-7-13(8-6-11)14-18-16(20-19-14)23-12(2)15(22)21(3)10-4-9-17/h5-8,12H,4,10H2,1-3H3,(H,18,19,20)/t12-/m0/s1. The lowest BCUT2D eigenvalue weighted by Crippen LogP contribution is -2.33. The minimum Gasteiger partial charge on any atom is -0.344 e. The van der Waals surface area contributed by atoms with E-state index in [0.29, 0.717) is 23.9 Å². The summed E-state index contributed by atoms with van der Waals surface area (Å²) in [6.45, 7) is 4.28. The Morgan fingerprint density at radius 1 is 1.43 bits per heavy atom. The van der Waals surface area contributed by atoms with Crippen LogP contribution < -0.4 is 0 Å². The molecule has 0 fully saturated rings. The van der Waals surface area contributed by atoms with Crippen molar-refractivity contribution in [3.05, 3.63) is 29.8 Å². The van der Waals surface area contributed by atoms with Crippen molar-refractivity contribution >= 4 is 17.7 Å². The van der Waals surface area contributed by atoms with Crippen LogP contribution in [0.1, 0.15) is 18.9 Å². The normalized spacial score (nSPS) is 11.7. The van der Waals surface area contributed by atoms with Gasteiger partial charge in [-0.1, -0.05) is 41.6 Å². The van der Waals surface area contributed by atoms with Gasteiger partial charge in [0.05, 0.1) is 17.7 Å². The van der Waals surface area contributed by atoms with Crippen LogP contribution in [-0.4, -0.2) is 44.8 Å². The van der Waals surface area contributed by atoms with Crippen LogP contribution in [0.15, 0.2) is 29.4 Å². The maximum atomic E-state index is 12.2. The first-order chi connectivity index (χ1) is 11.0. The third-order valence-corrected chi connectivity index (χ3v) is 4.30. The molecule has 2 aromatic rings. The summed E-state index contributed by atoms with van der Waals surface area (Å²) in [5, 5.41) is 15.9. The molecule has 0 spiro atoms. The molecule has 0 saturated heterocycles. The molecule has 0 saturated carbocycles. The monoisotopic (exact) mass is 329 g/mol. The first-order valence-electron chi connectivity index (χ1n) is 7.29. The Kier molecular flexibility index (Phi) is 5.77. The number of carbonyl (C=O) groups excluding carboxylic acids is 1. The van der Waals surface area contributed by atoms with E-state index in [1.165, 1.54) is 17.3 Å². The van der Waals surface area contributed by atoms with E-state index in [2.05, 4.69) is 15.2 Å². The van der Waals surface area contributed by atoms with Gasteiger partial charge in [-0.2, -0.15) is 5.26 Å². The van der Waals surface area contributed by atoms with Crippen molar-refractivity contribution in [2.75, 3.05) is 13.6 Å². The van der Waals surface area contributed by atoms with E-state index in [9.17, 15) is 4.79 Å². The van der Waals surface area contributed by atoms with E-state index in [1.54, 1.807) is 11.9 Å². The van der Waals surface area contributed by atoms with Gasteiger partial charge in [0, 0.05) is 19.2 Å². The lowest BCUT2D eigenvalue weighted by atomic mass is 10.1. The summed E-state index contributed by atoms with van der Waals surface area (Å²) in [4.78, 5) is 18.2. The van der Waals surface area contributed by atoms with Crippen LogP contribution in [0.4, 0.5) is 0 Å². The second-order valence-electron chi connectivity index (χ2n) is 5.26. The van der Waals surface area contributed by atoms with Crippen LogP contribution in [0.2, 0.25) is 0 Å². The quantitative estimate of drug-likeness (QED) is 0.823. The first-order valence-corrected chi connectivity index (χ1v) is 8.17. The Morgan fingerprint density at radius 2 is 2.13 bits per heavy atom. The number of aryl methyl sites for hydroxylation is 1. The van der Waals surface area contributed by atoms with E-state index in [-0.39, 0.29) is 11.2 Å². The number of benzene rings is 1. The second kappa shape index (κ2) is 7.79. The molecule has 23 heavy (non-hydrogen) atoms. The summed E-state index contributed by atoms with van der Waals surface area (Å²) >= 11 is 1.30. The van der Waals surface area contributed by atoms with Gasteiger partial charge < -0.3 is 4.90 Å². The molecule has 2 rings (SSSR count). The molecular formula is C16H19N5OS. The number of thioether (sulfide) groups is 1. The minimum absolute atomic E-state index is 0.0352. The number of carbonyl (C=O) groups is 1. The van der Waals surface area contributed by atoms with Crippen LogP contribution in [0.3, 0.4) is 0 Å². The fourth-order valence-corrected chi connectivity index (χ4v) is 2.83. The Balaban J connectivity index is 2.00. The zero-order chi connectivity index (χ0) is 16.8. The van der Waals surface area contributed by atoms with Gasteiger partial charge in [-0.15, -0.1) is 5.10 Å². The molecule has 0 radical (unpaired) electrons. The fraction of sp³-hybridized carbons (Fsp3) is 0.375. The van der Waals surface area contributed by atoms with Gasteiger partial charge in [-0.3, -0.25) is 9.89 Å². The molecule has 1 amide bonds. The van der Waals surface area contributed by atoms with Gasteiger partial charge in [-0.25, -0.2) is 4.98 Å². The highest BCUT2D eigenvalue weighted by molar-refractivity contribution is 8.00. The summed E-state index contributed by atoms with van der Waals surface area (Å²) in [5.41, 5.74) is 2.14. The van der Waals surface area contributed by atoms with Gasteiger partial charge in [0.1, 0.15) is 0 Å². The van der Waals surface area contributed by atoms with Crippen LogP contribution >= 0.6 is 11.8 Å². The molecule has 1 heterocycles. The predicted octanol–water partition coefficient (Wildman–Crippen LogP) is 2.63. The lowest BCUT2D eigenvalue weighted by molar-refractivity contribution is -0.128. The third kappa shape index (κ3) is 4.57. The number of H-pyrrole nitrogens is 1. The van der Waals surface area contributed by atoms with Crippen molar-refractivity contribution in [3.63, 3.8) is 0 Å². The predicted molar refractivity (Wildman–Crippen MR) is 89.7 cm³/mol. The Labute approximate surface area is 139 Å². The molecule has 7 heteroatoms. The number of nitrogens with one attached hydrogen (secondary N) is 1. The lowest BCUT2D eigenvalue weighted by Gasteiger charge is -2.18. The molecule has 1 N–H and O–H groups in total. The van der Waals surface area contributed by atoms with Gasteiger partial charge in [0.25, 0.3) is 0 Å². The first kappa shape index (κ1) is 17.0. The molecule has 1 atom stereocenters. The average Bonchev–Trinajstić information content (AvgIpc) is 3.00. The van der Waals surface area contributed by atoms with E-state index < -0.39 is 0 Å². The molecule has 1 aromatic heterocycles. The molecule has 120 valence electrons. The van der Waals surface area contributed by atoms with Gasteiger partial charge in [-0.05, 0) is 13.8 Å². The van der Waals surface area contributed by atoms with E-state index in [0.717, 1.165) is 5.56 Å². The van der Waals surface area contributed by atoms with Gasteiger partial charge in [0.15, 0.2) is 5.82 Å². The van der Waals surface area contributed by atoms with Crippen molar-refractivity contribution in [2.24, 2.45) is 0 Å². The number of aromatic nitrogens is 3. The van der Waals surface area contributed by atoms with Crippen molar-refractivity contribution in [1.29, 1.82) is 5.26 Å². The highest BCUT2D eigenvalue weighted by Crippen LogP contribution is 2.23. The SMILES string of the molecule is Cc1ccc(-c2nc(S[C@@H](C)C(=O)N(C)CCC#N)n[nH]2)cc1. The maximum absolute atomic E-state index is 12.2. The van der Waals surface area contributed by atoms with E-state index in [1.807, 2.05) is 44.2 Å². The molecule has 0 bridgehead atoms. The Bertz CT molecular complexity index is 704. The second-order valence-corrected chi connectivity index (χ2v) is 6.57. The third-order valence-electron chi connectivity index (χ3n) is 3.36. The van der Waals surface area contributed by atoms with Crippen LogP contribution in [0, 0.1) is 18.3 Å². The number of hydrogen-bond acceptors (Lipinski definition) is 5. The molecule has 0 unspecified atom stereocenters. The Hall–Kier alpha value is -2.33. The van der Waals surface area contributed by atoms with E-state index >= 15 is 0 Å². The number of nitriles is 1. The smallest absolute Gasteiger partial charge is 0.235 e. The zero-order valence-electron chi connectivity index (χ0n) is 13.4. The Morgan fingerprint density at radius 3 is 2.78 bits per heavy atom. The number of rotatable bonds is 6. The molecule has 1 aromatic carbocycles. The number of nitrogens with zero attached hydrogens (tertiary/aromatic N) is 4. The van der Waals surface area contributed by atoms with Crippen molar-refractivity contribution < 1.29 is 4.79 Å². The maximum Gasteiger partial charge on any atom is 0.235 e. The van der Waals surface area contributed by atoms with Crippen molar-refractivity contribution in [2.45, 2.75) is 30.7 Å². The zero-order valence-corrected chi connectivity index (χ0v) is 14.2. The van der Waals surface area contributed by atoms with Crippen LogP contribution in [0.25, 0.3) is 11.4 Å². The van der Waals surface area contributed by atoms with Crippen molar-refractivity contribution in [3.8, 4) is 17.5 Å². The molecule has 6 nitrogen and oxygen atoms in total. The molecule has 0 aliphatic heterocycles. The average molecular weight is 329 g/mol. The minimum atomic E-state index is -0.305. The molecule has 0 aliphatic carbocycles. The number of amides is 1. The fourth-order valence-electron chi connectivity index (χ4n) is 1.99. The van der Waals surface area contributed by atoms with Crippen LogP contribution in [-0.2, 0) is 4.79 Å². The van der Waals surface area contributed by atoms with Gasteiger partial charge >= 0.3 is 0 Å². The topological polar surface area (TPSA) is 85.7 Å². The summed E-state index contributed by atoms with van der Waals surface area (Å²) in [5.74, 6) is 0.650. The largest absolute Gasteiger partial charge is 0.344 e. The summed E-state index contributed by atoms with van der Waals surface area (Å²) in [7, 11) is 1.70. The van der Waals surface area contributed by atoms with E-state index in [4.69, 9.17) is 5.26 Å².